The molecule has 2 aromatic carbocycles. The zero-order valence-electron chi connectivity index (χ0n) is 16.4. The molecule has 1 heterocycles. The molecule has 0 aliphatic carbocycles. The molecular weight excluding hydrogens is 415 g/mol. The van der Waals surface area contributed by atoms with E-state index in [1.54, 1.807) is 24.8 Å². The average Bonchev–Trinajstić information content (AvgIpc) is 3.07. The number of hydrogen-bond donors (Lipinski definition) is 1. The van der Waals surface area contributed by atoms with Crippen LogP contribution in [0.5, 0.6) is 0 Å². The molecule has 0 saturated heterocycles. The molecule has 30 heavy (non-hydrogen) atoms. The van der Waals surface area contributed by atoms with Gasteiger partial charge in [0.1, 0.15) is 5.76 Å². The summed E-state index contributed by atoms with van der Waals surface area (Å²) in [5.74, 6) is 0.780. The number of hydrogen-bond acceptors (Lipinski definition) is 4. The normalized spacial score (nSPS) is 12.7. The predicted molar refractivity (Wildman–Crippen MR) is 109 cm³/mol. The van der Waals surface area contributed by atoms with Gasteiger partial charge >= 0.3 is 12.1 Å². The van der Waals surface area contributed by atoms with Crippen LogP contribution < -0.4 is 0 Å². The highest BCUT2D eigenvalue weighted by Crippen LogP contribution is 2.33. The van der Waals surface area contributed by atoms with Crippen molar-refractivity contribution >= 4 is 17.7 Å². The summed E-state index contributed by atoms with van der Waals surface area (Å²) in [5, 5.41) is 8.92. The van der Waals surface area contributed by atoms with Crippen molar-refractivity contribution in [3.05, 3.63) is 71.1 Å². The molecule has 3 rings (SSSR count). The van der Waals surface area contributed by atoms with E-state index in [-0.39, 0.29) is 18.2 Å². The number of benzene rings is 2. The van der Waals surface area contributed by atoms with E-state index >= 15 is 0 Å². The molecular formula is C22H20F3NO3S. The van der Waals surface area contributed by atoms with E-state index in [1.165, 1.54) is 12.1 Å². The number of carboxylic acids is 1. The Hall–Kier alpha value is -2.74. The SMILES string of the molecule is Cc1nc(-c2ccc(C(F)(F)F)cc2)oc1C(C)CSc1cccc(CC(=O)O)c1. The van der Waals surface area contributed by atoms with Crippen LogP contribution in [0.3, 0.4) is 0 Å². The third-order valence-corrected chi connectivity index (χ3v) is 5.75. The summed E-state index contributed by atoms with van der Waals surface area (Å²) in [7, 11) is 0. The fourth-order valence-corrected chi connectivity index (χ4v) is 4.01. The standard InChI is InChI=1S/C22H20F3NO3S/c1-13(12-30-18-5-3-4-15(10-18)11-19(27)28)20-14(2)26-21(29-20)16-6-8-17(9-7-16)22(23,24)25/h3-10,13H,11-12H2,1-2H3,(H,27,28). The van der Waals surface area contributed by atoms with Gasteiger partial charge in [0.25, 0.3) is 0 Å². The average molecular weight is 435 g/mol. The Kier molecular flexibility index (Phi) is 6.55. The van der Waals surface area contributed by atoms with Crippen molar-refractivity contribution in [3.63, 3.8) is 0 Å². The number of carboxylic acid groups (broad SMARTS) is 1. The number of halogens is 3. The number of nitrogens with zero attached hydrogens (tertiary/aromatic N) is 1. The highest BCUT2D eigenvalue weighted by molar-refractivity contribution is 7.99. The first kappa shape index (κ1) is 22.0. The summed E-state index contributed by atoms with van der Waals surface area (Å²) >= 11 is 1.58. The van der Waals surface area contributed by atoms with Gasteiger partial charge in [-0.15, -0.1) is 11.8 Å². The van der Waals surface area contributed by atoms with Crippen LogP contribution in [0.1, 0.15) is 35.4 Å². The monoisotopic (exact) mass is 435 g/mol. The summed E-state index contributed by atoms with van der Waals surface area (Å²) in [6.07, 6.45) is -4.41. The van der Waals surface area contributed by atoms with Crippen LogP contribution in [0.15, 0.2) is 57.8 Å². The first-order valence-corrected chi connectivity index (χ1v) is 10.2. The molecule has 1 N–H and O–H groups in total. The van der Waals surface area contributed by atoms with Gasteiger partial charge in [-0.1, -0.05) is 19.1 Å². The van der Waals surface area contributed by atoms with Crippen LogP contribution >= 0.6 is 11.8 Å². The zero-order valence-corrected chi connectivity index (χ0v) is 17.2. The molecule has 0 bridgehead atoms. The second-order valence-electron chi connectivity index (χ2n) is 6.97. The first-order valence-electron chi connectivity index (χ1n) is 9.22. The second-order valence-corrected chi connectivity index (χ2v) is 8.07. The van der Waals surface area contributed by atoms with Gasteiger partial charge in [0.2, 0.25) is 5.89 Å². The van der Waals surface area contributed by atoms with Gasteiger partial charge in [-0.25, -0.2) is 4.98 Å². The van der Waals surface area contributed by atoms with Gasteiger partial charge in [0.05, 0.1) is 17.7 Å². The fraction of sp³-hybridized carbons (Fsp3) is 0.273. The van der Waals surface area contributed by atoms with Crippen molar-refractivity contribution in [3.8, 4) is 11.5 Å². The van der Waals surface area contributed by atoms with Crippen LogP contribution in [0.25, 0.3) is 11.5 Å². The minimum Gasteiger partial charge on any atom is -0.481 e. The van der Waals surface area contributed by atoms with Crippen molar-refractivity contribution in [2.24, 2.45) is 0 Å². The molecule has 0 radical (unpaired) electrons. The Labute approximate surface area is 176 Å². The Bertz CT molecular complexity index is 1030. The molecule has 1 unspecified atom stereocenters. The van der Waals surface area contributed by atoms with E-state index in [9.17, 15) is 18.0 Å². The molecule has 1 aromatic heterocycles. The molecule has 0 aliphatic rings. The predicted octanol–water partition coefficient (Wildman–Crippen LogP) is 6.19. The van der Waals surface area contributed by atoms with E-state index in [2.05, 4.69) is 4.98 Å². The number of rotatable bonds is 7. The van der Waals surface area contributed by atoms with Crippen LogP contribution in [0.2, 0.25) is 0 Å². The van der Waals surface area contributed by atoms with Gasteiger partial charge < -0.3 is 9.52 Å². The Morgan fingerprint density at radius 3 is 2.53 bits per heavy atom. The largest absolute Gasteiger partial charge is 0.481 e. The summed E-state index contributed by atoms with van der Waals surface area (Å²) < 4.78 is 44.1. The van der Waals surface area contributed by atoms with Crippen LogP contribution in [-0.4, -0.2) is 21.8 Å². The van der Waals surface area contributed by atoms with Gasteiger partial charge in [0, 0.05) is 22.1 Å². The van der Waals surface area contributed by atoms with Crippen molar-refractivity contribution < 1.29 is 27.5 Å². The highest BCUT2D eigenvalue weighted by Gasteiger charge is 2.30. The molecule has 1 atom stereocenters. The summed E-state index contributed by atoms with van der Waals surface area (Å²) in [4.78, 5) is 16.2. The zero-order chi connectivity index (χ0) is 21.9. The Balaban J connectivity index is 1.70. The van der Waals surface area contributed by atoms with E-state index in [4.69, 9.17) is 9.52 Å². The molecule has 158 valence electrons. The molecule has 0 fully saturated rings. The maximum absolute atomic E-state index is 12.7. The maximum atomic E-state index is 12.7. The van der Waals surface area contributed by atoms with E-state index < -0.39 is 17.7 Å². The van der Waals surface area contributed by atoms with Gasteiger partial charge in [0.15, 0.2) is 0 Å². The van der Waals surface area contributed by atoms with Crippen LogP contribution in [0, 0.1) is 6.92 Å². The van der Waals surface area contributed by atoms with E-state index in [1.807, 2.05) is 25.1 Å². The summed E-state index contributed by atoms with van der Waals surface area (Å²) in [5.41, 5.74) is 1.20. The van der Waals surface area contributed by atoms with E-state index in [0.717, 1.165) is 22.6 Å². The molecule has 0 saturated carbocycles. The third-order valence-electron chi connectivity index (χ3n) is 4.49. The lowest BCUT2D eigenvalue weighted by molar-refractivity contribution is -0.138. The molecule has 3 aromatic rings. The van der Waals surface area contributed by atoms with Crippen molar-refractivity contribution in [1.29, 1.82) is 0 Å². The summed E-state index contributed by atoms with van der Waals surface area (Å²) in [6.45, 7) is 3.79. The minimum absolute atomic E-state index is 0.00817. The lowest BCUT2D eigenvalue weighted by atomic mass is 10.1. The smallest absolute Gasteiger partial charge is 0.416 e. The molecule has 0 amide bonds. The topological polar surface area (TPSA) is 63.3 Å². The second kappa shape index (κ2) is 8.95. The maximum Gasteiger partial charge on any atom is 0.416 e. The minimum atomic E-state index is -4.39. The number of alkyl halides is 3. The van der Waals surface area contributed by atoms with Gasteiger partial charge in [-0.05, 0) is 48.9 Å². The quantitative estimate of drug-likeness (QED) is 0.448. The highest BCUT2D eigenvalue weighted by atomic mass is 32.2. The number of aliphatic carboxylic acids is 1. The van der Waals surface area contributed by atoms with Gasteiger partial charge in [-0.3, -0.25) is 4.79 Å². The number of thioether (sulfide) groups is 1. The molecule has 4 nitrogen and oxygen atoms in total. The fourth-order valence-electron chi connectivity index (χ4n) is 3.01. The Morgan fingerprint density at radius 2 is 1.90 bits per heavy atom. The first-order chi connectivity index (χ1) is 14.1. The number of aromatic nitrogens is 1. The van der Waals surface area contributed by atoms with Crippen molar-refractivity contribution in [1.82, 2.24) is 4.98 Å². The lowest BCUT2D eigenvalue weighted by Gasteiger charge is -2.10. The summed E-state index contributed by atoms with van der Waals surface area (Å²) in [6, 6.07) is 12.1. The van der Waals surface area contributed by atoms with Gasteiger partial charge in [-0.2, -0.15) is 13.2 Å². The number of aryl methyl sites for hydroxylation is 1. The van der Waals surface area contributed by atoms with Crippen molar-refractivity contribution in [2.45, 2.75) is 37.3 Å². The molecule has 0 spiro atoms. The lowest BCUT2D eigenvalue weighted by Crippen LogP contribution is -2.03. The Morgan fingerprint density at radius 1 is 1.20 bits per heavy atom. The van der Waals surface area contributed by atoms with E-state index in [0.29, 0.717) is 22.8 Å². The molecule has 0 aliphatic heterocycles. The number of oxazole rings is 1. The molecule has 8 heteroatoms. The van der Waals surface area contributed by atoms with Crippen LogP contribution in [-0.2, 0) is 17.4 Å². The van der Waals surface area contributed by atoms with Crippen LogP contribution in [0.4, 0.5) is 13.2 Å². The number of carbonyl (C=O) groups is 1. The van der Waals surface area contributed by atoms with Crippen molar-refractivity contribution in [2.75, 3.05) is 5.75 Å². The third kappa shape index (κ3) is 5.44.